The smallest absolute Gasteiger partial charge is 0.249 e. The molecular weight excluding hydrogens is 286 g/mol. The number of nitrogens with zero attached hydrogens (tertiary/aromatic N) is 3. The summed E-state index contributed by atoms with van der Waals surface area (Å²) in [5.74, 6) is 0.976. The van der Waals surface area contributed by atoms with Gasteiger partial charge in [-0.15, -0.1) is 10.2 Å². The number of hydrogen-bond donors (Lipinski definition) is 0. The summed E-state index contributed by atoms with van der Waals surface area (Å²) in [5, 5.41) is 8.21. The fraction of sp³-hybridized carbons (Fsp3) is 0. The Morgan fingerprint density at radius 2 is 1.17 bits per heavy atom. The molecule has 0 saturated carbocycles. The zero-order valence-corrected chi connectivity index (χ0v) is 12.3. The number of hydrogen-bond acceptors (Lipinski definition) is 4. The quantitative estimate of drug-likeness (QED) is 0.560. The van der Waals surface area contributed by atoms with Crippen molar-refractivity contribution in [1.82, 2.24) is 15.2 Å². The zero-order chi connectivity index (χ0) is 15.5. The topological polar surface area (TPSA) is 51.8 Å². The molecule has 2 aromatic carbocycles. The molecule has 0 unspecified atom stereocenters. The van der Waals surface area contributed by atoms with Gasteiger partial charge in [-0.1, -0.05) is 42.5 Å². The second-order valence-corrected chi connectivity index (χ2v) is 5.10. The lowest BCUT2D eigenvalue weighted by molar-refractivity contribution is 0.584. The van der Waals surface area contributed by atoms with Gasteiger partial charge in [-0.05, 0) is 35.4 Å². The van der Waals surface area contributed by atoms with Gasteiger partial charge in [-0.25, -0.2) is 0 Å². The van der Waals surface area contributed by atoms with E-state index in [1.54, 1.807) is 12.4 Å². The fourth-order valence-electron chi connectivity index (χ4n) is 2.38. The first-order valence-electron chi connectivity index (χ1n) is 7.30. The van der Waals surface area contributed by atoms with Crippen LogP contribution >= 0.6 is 0 Å². The molecule has 0 saturated heterocycles. The van der Waals surface area contributed by atoms with Crippen molar-refractivity contribution in [2.75, 3.05) is 0 Å². The Labute approximate surface area is 133 Å². The van der Waals surface area contributed by atoms with Gasteiger partial charge in [0.1, 0.15) is 0 Å². The summed E-state index contributed by atoms with van der Waals surface area (Å²) < 4.78 is 5.74. The lowest BCUT2D eigenvalue weighted by Gasteiger charge is -2.01. The first kappa shape index (κ1) is 13.4. The molecule has 0 amide bonds. The Balaban J connectivity index is 1.63. The average Bonchev–Trinajstić information content (AvgIpc) is 3.14. The first-order valence-corrected chi connectivity index (χ1v) is 7.30. The molecule has 4 rings (SSSR count). The fourth-order valence-corrected chi connectivity index (χ4v) is 2.38. The van der Waals surface area contributed by atoms with Crippen LogP contribution in [0.2, 0.25) is 0 Å². The number of aromatic nitrogens is 3. The summed E-state index contributed by atoms with van der Waals surface area (Å²) in [5.41, 5.74) is 4.04. The van der Waals surface area contributed by atoms with Crippen molar-refractivity contribution in [2.45, 2.75) is 0 Å². The van der Waals surface area contributed by atoms with Gasteiger partial charge < -0.3 is 4.42 Å². The largest absolute Gasteiger partial charge is 0.416 e. The van der Waals surface area contributed by atoms with Gasteiger partial charge in [0.15, 0.2) is 0 Å². The highest BCUT2D eigenvalue weighted by Crippen LogP contribution is 2.26. The molecule has 0 aliphatic rings. The van der Waals surface area contributed by atoms with Crippen molar-refractivity contribution >= 4 is 0 Å². The van der Waals surface area contributed by atoms with E-state index in [1.807, 2.05) is 42.5 Å². The van der Waals surface area contributed by atoms with E-state index in [4.69, 9.17) is 4.42 Å². The summed E-state index contributed by atoms with van der Waals surface area (Å²) in [6.07, 6.45) is 3.42. The van der Waals surface area contributed by atoms with Crippen LogP contribution in [0.4, 0.5) is 0 Å². The minimum Gasteiger partial charge on any atom is -0.416 e. The van der Waals surface area contributed by atoms with Crippen LogP contribution in [0.3, 0.4) is 0 Å². The third kappa shape index (κ3) is 2.74. The molecule has 4 aromatic rings. The minimum absolute atomic E-state index is 0.472. The number of rotatable bonds is 3. The molecule has 0 atom stereocenters. The molecule has 2 heterocycles. The van der Waals surface area contributed by atoms with E-state index in [9.17, 15) is 0 Å². The molecule has 0 spiro atoms. The van der Waals surface area contributed by atoms with Gasteiger partial charge in [0.25, 0.3) is 0 Å². The van der Waals surface area contributed by atoms with Gasteiger partial charge in [-0.3, -0.25) is 4.98 Å². The van der Waals surface area contributed by atoms with Crippen LogP contribution in [0.25, 0.3) is 34.0 Å². The molecule has 23 heavy (non-hydrogen) atoms. The molecule has 4 heteroatoms. The molecule has 0 radical (unpaired) electrons. The molecule has 0 aliphatic carbocycles. The number of benzene rings is 2. The van der Waals surface area contributed by atoms with Gasteiger partial charge in [-0.2, -0.15) is 0 Å². The summed E-state index contributed by atoms with van der Waals surface area (Å²) >= 11 is 0. The van der Waals surface area contributed by atoms with E-state index >= 15 is 0 Å². The van der Waals surface area contributed by atoms with Crippen LogP contribution in [-0.4, -0.2) is 15.2 Å². The van der Waals surface area contributed by atoms with Crippen LogP contribution in [0, 0.1) is 0 Å². The summed E-state index contributed by atoms with van der Waals surface area (Å²) in [6.45, 7) is 0. The SMILES string of the molecule is c1ccc(-c2ccc(-c3nnc(-c4cccnc4)o3)cc2)cc1. The van der Waals surface area contributed by atoms with E-state index in [2.05, 4.69) is 39.4 Å². The lowest BCUT2D eigenvalue weighted by atomic mass is 10.0. The average molecular weight is 299 g/mol. The van der Waals surface area contributed by atoms with E-state index in [0.29, 0.717) is 11.8 Å². The van der Waals surface area contributed by atoms with Crippen LogP contribution in [0.15, 0.2) is 83.5 Å². The van der Waals surface area contributed by atoms with Crippen LogP contribution in [0.1, 0.15) is 0 Å². The third-order valence-corrected chi connectivity index (χ3v) is 3.57. The van der Waals surface area contributed by atoms with Crippen molar-refractivity contribution in [3.8, 4) is 34.0 Å². The Morgan fingerprint density at radius 3 is 1.87 bits per heavy atom. The molecule has 0 N–H and O–H groups in total. The molecule has 110 valence electrons. The van der Waals surface area contributed by atoms with E-state index in [0.717, 1.165) is 16.7 Å². The third-order valence-electron chi connectivity index (χ3n) is 3.57. The van der Waals surface area contributed by atoms with Crippen molar-refractivity contribution in [3.05, 3.63) is 79.1 Å². The van der Waals surface area contributed by atoms with Crippen molar-refractivity contribution in [2.24, 2.45) is 0 Å². The second-order valence-electron chi connectivity index (χ2n) is 5.10. The molecule has 0 fully saturated rings. The van der Waals surface area contributed by atoms with Gasteiger partial charge >= 0.3 is 0 Å². The Kier molecular flexibility index (Phi) is 3.41. The minimum atomic E-state index is 0.472. The zero-order valence-electron chi connectivity index (χ0n) is 12.3. The first-order chi connectivity index (χ1) is 11.4. The molecule has 2 aromatic heterocycles. The number of pyridine rings is 1. The van der Waals surface area contributed by atoms with Crippen LogP contribution in [0.5, 0.6) is 0 Å². The van der Waals surface area contributed by atoms with Gasteiger partial charge in [0.05, 0.1) is 5.56 Å². The molecule has 0 bridgehead atoms. The predicted molar refractivity (Wildman–Crippen MR) is 88.4 cm³/mol. The Bertz CT molecular complexity index is 900. The maximum absolute atomic E-state index is 5.74. The second kappa shape index (κ2) is 5.85. The highest BCUT2D eigenvalue weighted by Gasteiger charge is 2.10. The van der Waals surface area contributed by atoms with E-state index < -0.39 is 0 Å². The highest BCUT2D eigenvalue weighted by molar-refractivity contribution is 5.67. The predicted octanol–water partition coefficient (Wildman–Crippen LogP) is 4.47. The molecule has 4 nitrogen and oxygen atoms in total. The highest BCUT2D eigenvalue weighted by atomic mass is 16.4. The van der Waals surface area contributed by atoms with Crippen molar-refractivity contribution < 1.29 is 4.42 Å². The lowest BCUT2D eigenvalue weighted by Crippen LogP contribution is -1.80. The van der Waals surface area contributed by atoms with Gasteiger partial charge in [0.2, 0.25) is 11.8 Å². The maximum atomic E-state index is 5.74. The maximum Gasteiger partial charge on any atom is 0.249 e. The molecule has 0 aliphatic heterocycles. The Morgan fingerprint density at radius 1 is 0.565 bits per heavy atom. The Hall–Kier alpha value is -3.27. The van der Waals surface area contributed by atoms with E-state index in [-0.39, 0.29) is 0 Å². The standard InChI is InChI=1S/C19H13N3O/c1-2-5-14(6-3-1)15-8-10-16(11-9-15)18-21-22-19(23-18)17-7-4-12-20-13-17/h1-13H. The monoisotopic (exact) mass is 299 g/mol. The van der Waals surface area contributed by atoms with Gasteiger partial charge in [0, 0.05) is 18.0 Å². The summed E-state index contributed by atoms with van der Waals surface area (Å²) in [6, 6.07) is 22.1. The van der Waals surface area contributed by atoms with E-state index in [1.165, 1.54) is 5.56 Å². The summed E-state index contributed by atoms with van der Waals surface area (Å²) in [7, 11) is 0. The van der Waals surface area contributed by atoms with Crippen LogP contribution < -0.4 is 0 Å². The van der Waals surface area contributed by atoms with Crippen molar-refractivity contribution in [1.29, 1.82) is 0 Å². The van der Waals surface area contributed by atoms with Crippen LogP contribution in [-0.2, 0) is 0 Å². The van der Waals surface area contributed by atoms with Crippen molar-refractivity contribution in [3.63, 3.8) is 0 Å². The molecular formula is C19H13N3O. The normalized spacial score (nSPS) is 10.6. The summed E-state index contributed by atoms with van der Waals surface area (Å²) in [4.78, 5) is 4.06.